The number of ether oxygens (including phenoxy) is 2. The summed E-state index contributed by atoms with van der Waals surface area (Å²) in [5, 5.41) is 0. The van der Waals surface area contributed by atoms with Crippen molar-refractivity contribution in [3.8, 4) is 0 Å². The predicted octanol–water partition coefficient (Wildman–Crippen LogP) is 3.87. The Morgan fingerprint density at radius 1 is 1.04 bits per heavy atom. The highest BCUT2D eigenvalue weighted by atomic mass is 16.7. The van der Waals surface area contributed by atoms with Crippen molar-refractivity contribution in [2.45, 2.75) is 77.9 Å². The van der Waals surface area contributed by atoms with Crippen LogP contribution in [0.2, 0.25) is 0 Å². The fourth-order valence-electron chi connectivity index (χ4n) is 4.67. The lowest BCUT2D eigenvalue weighted by atomic mass is 9.58. The maximum atomic E-state index is 5.96. The molecule has 2 heterocycles. The zero-order valence-corrected chi connectivity index (χ0v) is 15.2. The highest BCUT2D eigenvalue weighted by Gasteiger charge is 2.53. The maximum Gasteiger partial charge on any atom is 0.168 e. The monoisotopic (exact) mass is 318 g/mol. The Hall–Kier alpha value is -1.00. The standard InChI is InChI=1S/C17H24N2O2.C2H6/c1-11-14-5-4-13-10-17(20-8-9-21-17)7-6-16(13,3)15(14)19-12(2)18-11;1-2/h13H,4-10H2,1-3H3;1-2H3. The third-order valence-electron chi connectivity index (χ3n) is 5.91. The second-order valence-corrected chi connectivity index (χ2v) is 7.15. The van der Waals surface area contributed by atoms with E-state index >= 15 is 0 Å². The van der Waals surface area contributed by atoms with E-state index in [0.717, 1.165) is 44.7 Å². The summed E-state index contributed by atoms with van der Waals surface area (Å²) in [4.78, 5) is 9.42. The first-order valence-corrected chi connectivity index (χ1v) is 9.15. The van der Waals surface area contributed by atoms with E-state index in [2.05, 4.69) is 18.8 Å². The fraction of sp³-hybridized carbons (Fsp3) is 0.789. The number of hydrogen-bond donors (Lipinski definition) is 0. The van der Waals surface area contributed by atoms with Gasteiger partial charge in [-0.2, -0.15) is 0 Å². The summed E-state index contributed by atoms with van der Waals surface area (Å²) in [6, 6.07) is 0. The van der Waals surface area contributed by atoms with Crippen LogP contribution in [0, 0.1) is 19.8 Å². The zero-order chi connectivity index (χ0) is 16.7. The molecule has 1 aliphatic heterocycles. The molecule has 0 amide bonds. The molecule has 2 fully saturated rings. The van der Waals surface area contributed by atoms with Gasteiger partial charge in [0.2, 0.25) is 0 Å². The second-order valence-electron chi connectivity index (χ2n) is 7.15. The van der Waals surface area contributed by atoms with Gasteiger partial charge in [0.1, 0.15) is 5.82 Å². The number of aryl methyl sites for hydroxylation is 2. The van der Waals surface area contributed by atoms with E-state index in [9.17, 15) is 0 Å². The van der Waals surface area contributed by atoms with E-state index in [1.54, 1.807) is 0 Å². The zero-order valence-electron chi connectivity index (χ0n) is 15.2. The Bertz CT molecular complexity index is 581. The highest BCUT2D eigenvalue weighted by Crippen LogP contribution is 2.53. The van der Waals surface area contributed by atoms with Crippen molar-refractivity contribution >= 4 is 0 Å². The van der Waals surface area contributed by atoms with Gasteiger partial charge in [0.25, 0.3) is 0 Å². The first-order valence-electron chi connectivity index (χ1n) is 9.15. The maximum absolute atomic E-state index is 5.96. The first-order chi connectivity index (χ1) is 11.0. The molecular weight excluding hydrogens is 288 g/mol. The van der Waals surface area contributed by atoms with Gasteiger partial charge in [-0.25, -0.2) is 9.97 Å². The molecule has 3 aliphatic rings. The Balaban J connectivity index is 0.000000753. The van der Waals surface area contributed by atoms with E-state index in [-0.39, 0.29) is 11.2 Å². The van der Waals surface area contributed by atoms with Crippen LogP contribution < -0.4 is 0 Å². The molecule has 2 aliphatic carbocycles. The van der Waals surface area contributed by atoms with Crippen LogP contribution >= 0.6 is 0 Å². The number of rotatable bonds is 0. The van der Waals surface area contributed by atoms with E-state index in [1.165, 1.54) is 23.4 Å². The largest absolute Gasteiger partial charge is 0.348 e. The van der Waals surface area contributed by atoms with Crippen molar-refractivity contribution in [2.24, 2.45) is 5.92 Å². The Labute approximate surface area is 140 Å². The molecule has 0 N–H and O–H groups in total. The Morgan fingerprint density at radius 2 is 1.74 bits per heavy atom. The van der Waals surface area contributed by atoms with Gasteiger partial charge >= 0.3 is 0 Å². The molecule has 0 bridgehead atoms. The molecule has 1 spiro atoms. The van der Waals surface area contributed by atoms with E-state index < -0.39 is 0 Å². The van der Waals surface area contributed by atoms with E-state index in [4.69, 9.17) is 14.5 Å². The molecule has 4 rings (SSSR count). The molecule has 2 atom stereocenters. The third-order valence-corrected chi connectivity index (χ3v) is 5.91. The van der Waals surface area contributed by atoms with Crippen LogP contribution in [0.15, 0.2) is 0 Å². The second kappa shape index (κ2) is 6.14. The summed E-state index contributed by atoms with van der Waals surface area (Å²) in [6.45, 7) is 12.0. The normalized spacial score (nSPS) is 31.1. The minimum absolute atomic E-state index is 0.159. The first kappa shape index (κ1) is 16.8. The lowest BCUT2D eigenvalue weighted by Gasteiger charge is -2.50. The summed E-state index contributed by atoms with van der Waals surface area (Å²) in [5.74, 6) is 1.21. The van der Waals surface area contributed by atoms with Gasteiger partial charge in [0, 0.05) is 24.0 Å². The molecule has 2 unspecified atom stereocenters. The van der Waals surface area contributed by atoms with Gasteiger partial charge < -0.3 is 9.47 Å². The SMILES string of the molecule is CC.Cc1nc(C)c2c(n1)C1(C)CCC3(CC1CC2)OCCO3. The topological polar surface area (TPSA) is 44.2 Å². The minimum Gasteiger partial charge on any atom is -0.348 e. The molecule has 4 heteroatoms. The van der Waals surface area contributed by atoms with Gasteiger partial charge in [-0.05, 0) is 44.6 Å². The molecule has 0 aromatic carbocycles. The van der Waals surface area contributed by atoms with Crippen LogP contribution in [-0.4, -0.2) is 29.0 Å². The van der Waals surface area contributed by atoms with Crippen LogP contribution in [0.3, 0.4) is 0 Å². The number of hydrogen-bond acceptors (Lipinski definition) is 4. The molecule has 1 aromatic heterocycles. The molecule has 1 saturated carbocycles. The molecule has 1 aromatic rings. The van der Waals surface area contributed by atoms with Gasteiger partial charge in [-0.15, -0.1) is 0 Å². The summed E-state index contributed by atoms with van der Waals surface area (Å²) in [6.07, 6.45) is 5.40. The third kappa shape index (κ3) is 2.70. The average Bonchev–Trinajstić information content (AvgIpc) is 2.99. The van der Waals surface area contributed by atoms with Gasteiger partial charge in [0.05, 0.1) is 18.9 Å². The van der Waals surface area contributed by atoms with Crippen molar-refractivity contribution in [3.05, 3.63) is 22.8 Å². The summed E-state index contributed by atoms with van der Waals surface area (Å²) >= 11 is 0. The number of fused-ring (bicyclic) bond motifs is 3. The molecule has 128 valence electrons. The van der Waals surface area contributed by atoms with Gasteiger partial charge in [-0.3, -0.25) is 0 Å². The van der Waals surface area contributed by atoms with Crippen LogP contribution in [0.4, 0.5) is 0 Å². The smallest absolute Gasteiger partial charge is 0.168 e. The van der Waals surface area contributed by atoms with Crippen molar-refractivity contribution in [1.29, 1.82) is 0 Å². The summed E-state index contributed by atoms with van der Waals surface area (Å²) in [5.41, 5.74) is 4.03. The number of aromatic nitrogens is 2. The van der Waals surface area contributed by atoms with E-state index in [0.29, 0.717) is 5.92 Å². The molecular formula is C19H30N2O2. The molecule has 1 saturated heterocycles. The molecule has 0 radical (unpaired) electrons. The predicted molar refractivity (Wildman–Crippen MR) is 90.5 cm³/mol. The summed E-state index contributed by atoms with van der Waals surface area (Å²) < 4.78 is 11.9. The summed E-state index contributed by atoms with van der Waals surface area (Å²) in [7, 11) is 0. The fourth-order valence-corrected chi connectivity index (χ4v) is 4.67. The quantitative estimate of drug-likeness (QED) is 0.728. The van der Waals surface area contributed by atoms with Crippen molar-refractivity contribution in [1.82, 2.24) is 9.97 Å². The van der Waals surface area contributed by atoms with Gasteiger partial charge in [0.15, 0.2) is 5.79 Å². The molecule has 4 nitrogen and oxygen atoms in total. The van der Waals surface area contributed by atoms with Crippen LogP contribution in [0.5, 0.6) is 0 Å². The minimum atomic E-state index is -0.293. The van der Waals surface area contributed by atoms with Crippen LogP contribution in [0.1, 0.15) is 69.2 Å². The Kier molecular flexibility index (Phi) is 4.49. The van der Waals surface area contributed by atoms with E-state index in [1.807, 2.05) is 20.8 Å². The average molecular weight is 318 g/mol. The lowest BCUT2D eigenvalue weighted by Crippen LogP contribution is -2.49. The molecule has 23 heavy (non-hydrogen) atoms. The Morgan fingerprint density at radius 3 is 2.43 bits per heavy atom. The lowest BCUT2D eigenvalue weighted by molar-refractivity contribution is -0.199. The van der Waals surface area contributed by atoms with Crippen molar-refractivity contribution in [2.75, 3.05) is 13.2 Å². The van der Waals surface area contributed by atoms with Crippen LogP contribution in [0.25, 0.3) is 0 Å². The number of nitrogens with zero attached hydrogens (tertiary/aromatic N) is 2. The van der Waals surface area contributed by atoms with Crippen molar-refractivity contribution < 1.29 is 9.47 Å². The van der Waals surface area contributed by atoms with Crippen molar-refractivity contribution in [3.63, 3.8) is 0 Å². The highest BCUT2D eigenvalue weighted by molar-refractivity contribution is 5.35. The van der Waals surface area contributed by atoms with Crippen LogP contribution in [-0.2, 0) is 21.3 Å². The van der Waals surface area contributed by atoms with Gasteiger partial charge in [-0.1, -0.05) is 20.8 Å².